The summed E-state index contributed by atoms with van der Waals surface area (Å²) in [5.41, 5.74) is 1.72. The number of phenols is 1. The van der Waals surface area contributed by atoms with Crippen LogP contribution in [0.1, 0.15) is 30.4 Å². The van der Waals surface area contributed by atoms with Gasteiger partial charge in [0.1, 0.15) is 11.8 Å². The highest BCUT2D eigenvalue weighted by molar-refractivity contribution is 6.30. The summed E-state index contributed by atoms with van der Waals surface area (Å²) in [6, 6.07) is 13.7. The van der Waals surface area contributed by atoms with Crippen LogP contribution >= 0.6 is 11.6 Å². The van der Waals surface area contributed by atoms with Crippen molar-refractivity contribution in [3.8, 4) is 5.75 Å². The van der Waals surface area contributed by atoms with Crippen molar-refractivity contribution < 1.29 is 14.7 Å². The van der Waals surface area contributed by atoms with Crippen LogP contribution in [0.4, 0.5) is 0 Å². The molecule has 0 saturated carbocycles. The van der Waals surface area contributed by atoms with Gasteiger partial charge in [-0.05, 0) is 43.0 Å². The molecule has 0 aliphatic carbocycles. The van der Waals surface area contributed by atoms with Gasteiger partial charge in [-0.3, -0.25) is 9.59 Å². The molecule has 0 radical (unpaired) electrons. The molecule has 0 aromatic heterocycles. The second-order valence-corrected chi connectivity index (χ2v) is 7.46. The third-order valence-corrected chi connectivity index (χ3v) is 5.20. The summed E-state index contributed by atoms with van der Waals surface area (Å²) in [6.07, 6.45) is 0.695. The fourth-order valence-corrected chi connectivity index (χ4v) is 3.52. The van der Waals surface area contributed by atoms with E-state index in [0.717, 1.165) is 6.54 Å². The second kappa shape index (κ2) is 9.08. The van der Waals surface area contributed by atoms with Crippen molar-refractivity contribution in [2.75, 3.05) is 6.54 Å². The van der Waals surface area contributed by atoms with Crippen molar-refractivity contribution in [2.45, 2.75) is 37.9 Å². The fourth-order valence-electron chi connectivity index (χ4n) is 3.33. The minimum atomic E-state index is -0.689. The number of aromatic hydroxyl groups is 1. The van der Waals surface area contributed by atoms with Gasteiger partial charge in [0.25, 0.3) is 0 Å². The van der Waals surface area contributed by atoms with Crippen molar-refractivity contribution in [3.05, 3.63) is 64.7 Å². The zero-order chi connectivity index (χ0) is 20.1. The number of carbonyl (C=O) groups is 2. The summed E-state index contributed by atoms with van der Waals surface area (Å²) in [5.74, 6) is -0.174. The lowest BCUT2D eigenvalue weighted by Gasteiger charge is -2.17. The van der Waals surface area contributed by atoms with Gasteiger partial charge in [0.2, 0.25) is 11.8 Å². The van der Waals surface area contributed by atoms with Gasteiger partial charge in [0, 0.05) is 23.7 Å². The Morgan fingerprint density at radius 3 is 2.75 bits per heavy atom. The fraction of sp³-hybridized carbons (Fsp3) is 0.333. The standard InChI is InChI=1S/C21H24ClN3O3/c1-13(20(27)24-12-16-9-17(22)7-8-19(16)26)25-21(28)18-10-15(11-23-18)14-5-3-2-4-6-14/h2-9,13,15,18,23,26H,10-12H2,1H3,(H,24,27)(H,25,28)/t13-,15-,18+/m0/s1. The van der Waals surface area contributed by atoms with E-state index >= 15 is 0 Å². The predicted molar refractivity (Wildman–Crippen MR) is 108 cm³/mol. The van der Waals surface area contributed by atoms with Crippen LogP contribution in [0.15, 0.2) is 48.5 Å². The zero-order valence-electron chi connectivity index (χ0n) is 15.6. The number of hydrogen-bond donors (Lipinski definition) is 4. The van der Waals surface area contributed by atoms with Crippen molar-refractivity contribution >= 4 is 23.4 Å². The third kappa shape index (κ3) is 5.03. The summed E-state index contributed by atoms with van der Waals surface area (Å²) < 4.78 is 0. The van der Waals surface area contributed by atoms with Gasteiger partial charge in [0.15, 0.2) is 0 Å². The van der Waals surface area contributed by atoms with Crippen molar-refractivity contribution in [1.82, 2.24) is 16.0 Å². The van der Waals surface area contributed by atoms with Crippen LogP contribution in [0.25, 0.3) is 0 Å². The maximum atomic E-state index is 12.5. The van der Waals surface area contributed by atoms with Gasteiger partial charge >= 0.3 is 0 Å². The molecule has 3 atom stereocenters. The van der Waals surface area contributed by atoms with Crippen molar-refractivity contribution in [3.63, 3.8) is 0 Å². The van der Waals surface area contributed by atoms with Gasteiger partial charge in [-0.1, -0.05) is 41.9 Å². The summed E-state index contributed by atoms with van der Waals surface area (Å²) >= 11 is 5.90. The number of halogens is 1. The molecule has 0 unspecified atom stereocenters. The molecule has 2 aromatic carbocycles. The number of benzene rings is 2. The van der Waals surface area contributed by atoms with Gasteiger partial charge < -0.3 is 21.1 Å². The zero-order valence-corrected chi connectivity index (χ0v) is 16.4. The second-order valence-electron chi connectivity index (χ2n) is 7.03. The highest BCUT2D eigenvalue weighted by Gasteiger charge is 2.31. The van der Waals surface area contributed by atoms with E-state index in [4.69, 9.17) is 11.6 Å². The van der Waals surface area contributed by atoms with Crippen LogP contribution in [-0.4, -0.2) is 35.5 Å². The Hall–Kier alpha value is -2.57. The molecule has 1 aliphatic rings. The number of nitrogens with one attached hydrogen (secondary N) is 3. The average Bonchev–Trinajstić information content (AvgIpc) is 3.19. The summed E-state index contributed by atoms with van der Waals surface area (Å²) in [5, 5.41) is 19.0. The lowest BCUT2D eigenvalue weighted by molar-refractivity contribution is -0.129. The maximum absolute atomic E-state index is 12.5. The van der Waals surface area contributed by atoms with Crippen molar-refractivity contribution in [1.29, 1.82) is 0 Å². The molecule has 148 valence electrons. The summed E-state index contributed by atoms with van der Waals surface area (Å²) in [4.78, 5) is 24.8. The molecule has 4 N–H and O–H groups in total. The Bertz CT molecular complexity index is 844. The first-order valence-corrected chi connectivity index (χ1v) is 9.65. The van der Waals surface area contributed by atoms with E-state index in [1.54, 1.807) is 19.1 Å². The molecule has 1 fully saturated rings. The highest BCUT2D eigenvalue weighted by atomic mass is 35.5. The number of carbonyl (C=O) groups excluding carboxylic acids is 2. The number of hydrogen-bond acceptors (Lipinski definition) is 4. The van der Waals surface area contributed by atoms with Crippen molar-refractivity contribution in [2.24, 2.45) is 0 Å². The van der Waals surface area contributed by atoms with Gasteiger partial charge in [-0.15, -0.1) is 0 Å². The summed E-state index contributed by atoms with van der Waals surface area (Å²) in [7, 11) is 0. The van der Waals surface area contributed by atoms with E-state index in [-0.39, 0.29) is 36.1 Å². The molecule has 3 rings (SSSR count). The smallest absolute Gasteiger partial charge is 0.242 e. The van der Waals surface area contributed by atoms with Gasteiger partial charge in [-0.25, -0.2) is 0 Å². The molecule has 7 heteroatoms. The maximum Gasteiger partial charge on any atom is 0.242 e. The number of rotatable bonds is 6. The van der Waals surface area contributed by atoms with E-state index in [2.05, 4.69) is 28.1 Å². The number of amides is 2. The summed E-state index contributed by atoms with van der Waals surface area (Å²) in [6.45, 7) is 2.49. The normalized spacial score (nSPS) is 19.8. The van der Waals surface area contributed by atoms with Crippen LogP contribution in [0.5, 0.6) is 5.75 Å². The van der Waals surface area contributed by atoms with Crippen LogP contribution < -0.4 is 16.0 Å². The monoisotopic (exact) mass is 401 g/mol. The molecule has 2 amide bonds. The molecule has 0 spiro atoms. The van der Waals surface area contributed by atoms with Crippen LogP contribution in [-0.2, 0) is 16.1 Å². The Morgan fingerprint density at radius 1 is 1.25 bits per heavy atom. The minimum Gasteiger partial charge on any atom is -0.508 e. The molecule has 1 saturated heterocycles. The molecular weight excluding hydrogens is 378 g/mol. The molecule has 28 heavy (non-hydrogen) atoms. The van der Waals surface area contributed by atoms with Crippen LogP contribution in [0.3, 0.4) is 0 Å². The first-order valence-electron chi connectivity index (χ1n) is 9.28. The first kappa shape index (κ1) is 20.2. The predicted octanol–water partition coefficient (Wildman–Crippen LogP) is 2.31. The topological polar surface area (TPSA) is 90.5 Å². The van der Waals surface area contributed by atoms with E-state index in [9.17, 15) is 14.7 Å². The molecular formula is C21H24ClN3O3. The Labute approximate surface area is 169 Å². The number of phenolic OH excluding ortho intramolecular Hbond substituents is 1. The molecule has 0 bridgehead atoms. The van der Waals surface area contributed by atoms with Gasteiger partial charge in [-0.2, -0.15) is 0 Å². The lowest BCUT2D eigenvalue weighted by Crippen LogP contribution is -2.49. The largest absolute Gasteiger partial charge is 0.508 e. The Kier molecular flexibility index (Phi) is 6.54. The Balaban J connectivity index is 1.48. The average molecular weight is 402 g/mol. The molecule has 2 aromatic rings. The van der Waals surface area contributed by atoms with Gasteiger partial charge in [0.05, 0.1) is 6.04 Å². The molecule has 6 nitrogen and oxygen atoms in total. The van der Waals surface area contributed by atoms with Crippen LogP contribution in [0, 0.1) is 0 Å². The minimum absolute atomic E-state index is 0.0588. The van der Waals surface area contributed by atoms with E-state index in [1.807, 2.05) is 18.2 Å². The SMILES string of the molecule is C[C@H](NC(=O)[C@H]1C[C@H](c2ccccc2)CN1)C(=O)NCc1cc(Cl)ccc1O. The van der Waals surface area contributed by atoms with E-state index < -0.39 is 6.04 Å². The Morgan fingerprint density at radius 2 is 2.00 bits per heavy atom. The quantitative estimate of drug-likeness (QED) is 0.598. The third-order valence-electron chi connectivity index (χ3n) is 4.96. The highest BCUT2D eigenvalue weighted by Crippen LogP contribution is 2.25. The van der Waals surface area contributed by atoms with E-state index in [0.29, 0.717) is 17.0 Å². The molecule has 1 aliphatic heterocycles. The lowest BCUT2D eigenvalue weighted by atomic mass is 9.96. The first-order chi connectivity index (χ1) is 13.4. The van der Waals surface area contributed by atoms with Crippen LogP contribution in [0.2, 0.25) is 5.02 Å². The van der Waals surface area contributed by atoms with E-state index in [1.165, 1.54) is 11.6 Å². The molecule has 1 heterocycles.